The van der Waals surface area contributed by atoms with Gasteiger partial charge in [-0.2, -0.15) is 0 Å². The minimum Gasteiger partial charge on any atom is -0.496 e. The van der Waals surface area contributed by atoms with Gasteiger partial charge in [0.05, 0.1) is 18.2 Å². The van der Waals surface area contributed by atoms with E-state index in [0.29, 0.717) is 44.5 Å². The first-order chi connectivity index (χ1) is 14.9. The van der Waals surface area contributed by atoms with Crippen LogP contribution in [0, 0.1) is 6.92 Å². The number of Topliss-reactive ketones (excluding diaryl/α,β-unsaturated/α-hetero) is 1. The summed E-state index contributed by atoms with van der Waals surface area (Å²) in [5.41, 5.74) is 1.97. The quantitative estimate of drug-likeness (QED) is 0.241. The Hall–Kier alpha value is -3.09. The van der Waals surface area contributed by atoms with Crippen LogP contribution in [0.3, 0.4) is 0 Å². The Morgan fingerprint density at radius 1 is 1.10 bits per heavy atom. The summed E-state index contributed by atoms with van der Waals surface area (Å²) in [5.74, 6) is 0.625. The highest BCUT2D eigenvalue weighted by molar-refractivity contribution is 9.10. The molecule has 156 valence electrons. The molecule has 0 atom stereocenters. The van der Waals surface area contributed by atoms with Gasteiger partial charge in [0.15, 0.2) is 5.76 Å². The number of rotatable bonds is 4. The molecule has 0 radical (unpaired) electrons. The molecular weight excluding hydrogens is 484 g/mol. The third kappa shape index (κ3) is 4.22. The number of fused-ring (bicyclic) bond motifs is 1. The van der Waals surface area contributed by atoms with E-state index in [1.807, 2.05) is 12.1 Å². The van der Waals surface area contributed by atoms with Crippen molar-refractivity contribution in [2.24, 2.45) is 0 Å². The molecule has 1 heterocycles. The largest absolute Gasteiger partial charge is 0.496 e. The lowest BCUT2D eigenvalue weighted by atomic mass is 10.1. The Morgan fingerprint density at radius 2 is 1.87 bits per heavy atom. The standard InChI is InChI=1S/C24H16BrClO5/c1-13-19(31-24(28)14-4-3-5-17(26)11-14)9-7-18-22(27)21(30-23(13)18)12-15-10-16(25)6-8-20(15)29-2/h3-12H,1-2H3/b21-12-. The van der Waals surface area contributed by atoms with Crippen LogP contribution in [0.25, 0.3) is 6.08 Å². The van der Waals surface area contributed by atoms with E-state index in [-0.39, 0.29) is 11.5 Å². The van der Waals surface area contributed by atoms with Gasteiger partial charge in [-0.15, -0.1) is 0 Å². The fourth-order valence-electron chi connectivity index (χ4n) is 3.21. The van der Waals surface area contributed by atoms with E-state index in [2.05, 4.69) is 15.9 Å². The number of methoxy groups -OCH3 is 1. The minimum atomic E-state index is -0.551. The van der Waals surface area contributed by atoms with E-state index in [9.17, 15) is 9.59 Å². The molecule has 0 spiro atoms. The van der Waals surface area contributed by atoms with Gasteiger partial charge >= 0.3 is 5.97 Å². The van der Waals surface area contributed by atoms with Crippen molar-refractivity contribution >= 4 is 45.4 Å². The Labute approximate surface area is 192 Å². The minimum absolute atomic E-state index is 0.160. The van der Waals surface area contributed by atoms with E-state index in [4.69, 9.17) is 25.8 Å². The number of ether oxygens (including phenoxy) is 3. The topological polar surface area (TPSA) is 61.8 Å². The van der Waals surface area contributed by atoms with Crippen LogP contribution in [0.2, 0.25) is 5.02 Å². The van der Waals surface area contributed by atoms with Crippen LogP contribution in [-0.4, -0.2) is 18.9 Å². The molecule has 0 unspecified atom stereocenters. The summed E-state index contributed by atoms with van der Waals surface area (Å²) in [6, 6.07) is 15.1. The number of allylic oxidation sites excluding steroid dienone is 1. The molecule has 0 N–H and O–H groups in total. The van der Waals surface area contributed by atoms with Crippen molar-refractivity contribution in [3.05, 3.63) is 92.1 Å². The van der Waals surface area contributed by atoms with E-state index >= 15 is 0 Å². The average molecular weight is 500 g/mol. The molecule has 0 saturated heterocycles. The molecule has 3 aromatic rings. The summed E-state index contributed by atoms with van der Waals surface area (Å²) in [7, 11) is 1.56. The fourth-order valence-corrected chi connectivity index (χ4v) is 3.78. The van der Waals surface area contributed by atoms with E-state index in [1.54, 1.807) is 56.5 Å². The zero-order chi connectivity index (χ0) is 22.1. The molecule has 4 rings (SSSR count). The van der Waals surface area contributed by atoms with Crippen LogP contribution in [0.5, 0.6) is 17.2 Å². The second kappa shape index (κ2) is 8.57. The number of benzene rings is 3. The van der Waals surface area contributed by atoms with Crippen molar-refractivity contribution in [1.29, 1.82) is 0 Å². The molecule has 0 fully saturated rings. The molecule has 31 heavy (non-hydrogen) atoms. The zero-order valence-electron chi connectivity index (χ0n) is 16.6. The molecule has 0 aliphatic carbocycles. The van der Waals surface area contributed by atoms with Crippen LogP contribution >= 0.6 is 27.5 Å². The molecular formula is C24H16BrClO5. The number of hydrogen-bond donors (Lipinski definition) is 0. The van der Waals surface area contributed by atoms with Crippen molar-refractivity contribution in [3.63, 3.8) is 0 Å². The summed E-state index contributed by atoms with van der Waals surface area (Å²) in [4.78, 5) is 25.3. The molecule has 5 nitrogen and oxygen atoms in total. The maximum absolute atomic E-state index is 12.9. The van der Waals surface area contributed by atoms with Gasteiger partial charge in [-0.25, -0.2) is 4.79 Å². The smallest absolute Gasteiger partial charge is 0.343 e. The number of carbonyl (C=O) groups is 2. The van der Waals surface area contributed by atoms with Crippen LogP contribution in [0.1, 0.15) is 31.8 Å². The molecule has 1 aliphatic heterocycles. The lowest BCUT2D eigenvalue weighted by Gasteiger charge is -2.10. The van der Waals surface area contributed by atoms with Gasteiger partial charge in [0.1, 0.15) is 17.2 Å². The lowest BCUT2D eigenvalue weighted by Crippen LogP contribution is -2.09. The number of esters is 1. The molecule has 7 heteroatoms. The van der Waals surface area contributed by atoms with Gasteiger partial charge in [-0.3, -0.25) is 4.79 Å². The monoisotopic (exact) mass is 498 g/mol. The summed E-state index contributed by atoms with van der Waals surface area (Å²) in [6.07, 6.45) is 1.63. The Morgan fingerprint density at radius 3 is 2.61 bits per heavy atom. The number of carbonyl (C=O) groups excluding carboxylic acids is 2. The number of hydrogen-bond acceptors (Lipinski definition) is 5. The highest BCUT2D eigenvalue weighted by atomic mass is 79.9. The molecule has 0 saturated carbocycles. The van der Waals surface area contributed by atoms with Gasteiger partial charge in [0, 0.05) is 20.6 Å². The maximum atomic E-state index is 12.9. The van der Waals surface area contributed by atoms with Gasteiger partial charge in [0.2, 0.25) is 5.78 Å². The average Bonchev–Trinajstić information content (AvgIpc) is 3.06. The molecule has 0 aromatic heterocycles. The number of ketones is 1. The first kappa shape index (κ1) is 21.2. The molecule has 1 aliphatic rings. The molecule has 0 bridgehead atoms. The van der Waals surface area contributed by atoms with Crippen molar-refractivity contribution in [3.8, 4) is 17.2 Å². The summed E-state index contributed by atoms with van der Waals surface area (Å²) >= 11 is 9.37. The van der Waals surface area contributed by atoms with Crippen molar-refractivity contribution < 1.29 is 23.8 Å². The van der Waals surface area contributed by atoms with Gasteiger partial charge in [-0.05, 0) is 61.5 Å². The van der Waals surface area contributed by atoms with E-state index in [0.717, 1.165) is 4.47 Å². The van der Waals surface area contributed by atoms with E-state index < -0.39 is 5.97 Å². The van der Waals surface area contributed by atoms with Crippen LogP contribution in [0.15, 0.2) is 64.8 Å². The third-order valence-electron chi connectivity index (χ3n) is 4.78. The van der Waals surface area contributed by atoms with Crippen LogP contribution in [0.4, 0.5) is 0 Å². The van der Waals surface area contributed by atoms with Crippen molar-refractivity contribution in [2.75, 3.05) is 7.11 Å². The normalized spacial score (nSPS) is 13.7. The SMILES string of the molecule is COc1ccc(Br)cc1/C=C1\Oc2c(ccc(OC(=O)c3cccc(Cl)c3)c2C)C1=O. The third-order valence-corrected chi connectivity index (χ3v) is 5.51. The molecule has 0 amide bonds. The Bertz CT molecular complexity index is 1250. The summed E-state index contributed by atoms with van der Waals surface area (Å²) in [5, 5.41) is 0.437. The summed E-state index contributed by atoms with van der Waals surface area (Å²) in [6.45, 7) is 1.73. The predicted molar refractivity (Wildman–Crippen MR) is 121 cm³/mol. The first-order valence-corrected chi connectivity index (χ1v) is 10.4. The number of halogens is 2. The Balaban J connectivity index is 1.64. The second-order valence-electron chi connectivity index (χ2n) is 6.79. The predicted octanol–water partition coefficient (Wildman–Crippen LogP) is 6.25. The fraction of sp³-hybridized carbons (Fsp3) is 0.0833. The van der Waals surface area contributed by atoms with Crippen molar-refractivity contribution in [2.45, 2.75) is 6.92 Å². The van der Waals surface area contributed by atoms with Gasteiger partial charge < -0.3 is 14.2 Å². The maximum Gasteiger partial charge on any atom is 0.343 e. The van der Waals surface area contributed by atoms with Gasteiger partial charge in [-0.1, -0.05) is 33.6 Å². The van der Waals surface area contributed by atoms with Crippen LogP contribution < -0.4 is 14.2 Å². The first-order valence-electron chi connectivity index (χ1n) is 9.26. The lowest BCUT2D eigenvalue weighted by molar-refractivity contribution is 0.0733. The van der Waals surface area contributed by atoms with Gasteiger partial charge in [0.25, 0.3) is 0 Å². The van der Waals surface area contributed by atoms with Crippen LogP contribution in [-0.2, 0) is 0 Å². The van der Waals surface area contributed by atoms with Crippen molar-refractivity contribution in [1.82, 2.24) is 0 Å². The molecule has 3 aromatic carbocycles. The van der Waals surface area contributed by atoms with E-state index in [1.165, 1.54) is 6.07 Å². The zero-order valence-corrected chi connectivity index (χ0v) is 18.9. The Kier molecular flexibility index (Phi) is 5.85. The highest BCUT2D eigenvalue weighted by Crippen LogP contribution is 2.40. The highest BCUT2D eigenvalue weighted by Gasteiger charge is 2.31. The second-order valence-corrected chi connectivity index (χ2v) is 8.14. The summed E-state index contributed by atoms with van der Waals surface area (Å²) < 4.78 is 17.6.